The van der Waals surface area contributed by atoms with Crippen molar-refractivity contribution in [1.82, 2.24) is 4.90 Å². The number of amides is 1. The normalized spacial score (nSPS) is 30.1. The molecule has 1 saturated carbocycles. The molecule has 3 aliphatic rings. The summed E-state index contributed by atoms with van der Waals surface area (Å²) in [7, 11) is 7.61. The summed E-state index contributed by atoms with van der Waals surface area (Å²) < 4.78 is 4.78. The predicted octanol–water partition coefficient (Wildman–Crippen LogP) is 0.597. The summed E-state index contributed by atoms with van der Waals surface area (Å²) in [6, 6.07) is 0.181. The van der Waals surface area contributed by atoms with Crippen molar-refractivity contribution in [2.45, 2.75) is 38.3 Å². The van der Waals surface area contributed by atoms with E-state index < -0.39 is 68.8 Å². The Balaban J connectivity index is 2.12. The Morgan fingerprint density at radius 3 is 2.18 bits per heavy atom. The molecule has 0 aliphatic heterocycles. The minimum absolute atomic E-state index is 0.0587. The van der Waals surface area contributed by atoms with Gasteiger partial charge in [-0.05, 0) is 38.6 Å². The van der Waals surface area contributed by atoms with E-state index in [2.05, 4.69) is 0 Å². The number of likely N-dealkylation sites (N-methyl/N-ethyl adjacent to an activating group) is 1. The van der Waals surface area contributed by atoms with Crippen molar-refractivity contribution >= 4 is 34.9 Å². The molecule has 210 valence electrons. The fourth-order valence-electron chi connectivity index (χ4n) is 7.04. The maximum absolute atomic E-state index is 14.3. The van der Waals surface area contributed by atoms with Gasteiger partial charge in [-0.2, -0.15) is 0 Å². The van der Waals surface area contributed by atoms with E-state index in [0.717, 1.165) is 7.11 Å². The molecule has 1 amide bonds. The van der Waals surface area contributed by atoms with Crippen LogP contribution in [0.4, 0.5) is 5.69 Å². The number of aliphatic hydroxyl groups is 3. The number of ether oxygens (including phenoxy) is 1. The van der Waals surface area contributed by atoms with Crippen molar-refractivity contribution in [3.63, 3.8) is 0 Å². The van der Waals surface area contributed by atoms with E-state index in [1.807, 2.05) is 0 Å². The van der Waals surface area contributed by atoms with Gasteiger partial charge in [-0.3, -0.25) is 19.3 Å². The average Bonchev–Trinajstić information content (AvgIpc) is 2.80. The number of phenols is 1. The number of nitrogens with two attached hydrogens (primary N) is 1. The number of anilines is 1. The van der Waals surface area contributed by atoms with E-state index in [1.54, 1.807) is 25.9 Å². The standard InChI is InChI=1S/C27H33N3O9/c1-25-9-12-13(29(3)4)8-11(24(37)39-7)17(31)14(12)18(32)16(25)22(35)27(38)21(34)15(23(28)36)19(33)20(30(5)6)26(27,2)10-25/h8,20,31-32,34,38H,9-10H2,1-7H3,(H2,28,36)/t20-,25+,26+,27-/m1/s1. The Morgan fingerprint density at radius 1 is 1.10 bits per heavy atom. The van der Waals surface area contributed by atoms with Crippen LogP contribution in [-0.4, -0.2) is 95.7 Å². The fraction of sp³-hybridized carbons (Fsp3) is 0.481. The van der Waals surface area contributed by atoms with Crippen LogP contribution < -0.4 is 10.6 Å². The highest BCUT2D eigenvalue weighted by Gasteiger charge is 2.72. The summed E-state index contributed by atoms with van der Waals surface area (Å²) in [6.07, 6.45) is -0.0404. The second-order valence-corrected chi connectivity index (χ2v) is 11.4. The third-order valence-electron chi connectivity index (χ3n) is 8.50. The number of aliphatic hydroxyl groups excluding tert-OH is 2. The first-order valence-corrected chi connectivity index (χ1v) is 12.2. The lowest BCUT2D eigenvalue weighted by atomic mass is 9.46. The first kappa shape index (κ1) is 28.1. The second-order valence-electron chi connectivity index (χ2n) is 11.4. The lowest BCUT2D eigenvalue weighted by Gasteiger charge is -2.59. The number of nitrogens with zero attached hydrogens (tertiary/aromatic N) is 2. The van der Waals surface area contributed by atoms with Gasteiger partial charge in [-0.15, -0.1) is 0 Å². The van der Waals surface area contributed by atoms with Crippen molar-refractivity contribution < 1.29 is 44.3 Å². The summed E-state index contributed by atoms with van der Waals surface area (Å²) in [4.78, 5) is 55.5. The Labute approximate surface area is 224 Å². The Kier molecular flexibility index (Phi) is 6.16. The topological polar surface area (TPSA) is 191 Å². The minimum atomic E-state index is -2.82. The molecule has 0 spiro atoms. The van der Waals surface area contributed by atoms with Gasteiger partial charge in [0.1, 0.15) is 28.4 Å². The highest BCUT2D eigenvalue weighted by atomic mass is 16.5. The number of primary amides is 1. The third-order valence-corrected chi connectivity index (χ3v) is 8.50. The number of ketones is 2. The van der Waals surface area contributed by atoms with Gasteiger partial charge >= 0.3 is 5.97 Å². The van der Waals surface area contributed by atoms with Crippen molar-refractivity contribution in [1.29, 1.82) is 0 Å². The maximum atomic E-state index is 14.3. The molecule has 0 radical (unpaired) electrons. The molecule has 39 heavy (non-hydrogen) atoms. The van der Waals surface area contributed by atoms with Gasteiger partial charge in [0.25, 0.3) is 5.91 Å². The number of carbonyl (C=O) groups excluding carboxylic acids is 4. The van der Waals surface area contributed by atoms with Gasteiger partial charge in [-0.1, -0.05) is 13.8 Å². The molecule has 0 saturated heterocycles. The van der Waals surface area contributed by atoms with Crippen molar-refractivity contribution in [2.75, 3.05) is 40.2 Å². The quantitative estimate of drug-likeness (QED) is 0.264. The maximum Gasteiger partial charge on any atom is 0.341 e. The molecule has 0 unspecified atom stereocenters. The Morgan fingerprint density at radius 2 is 1.69 bits per heavy atom. The second kappa shape index (κ2) is 8.55. The molecular formula is C27H33N3O9. The smallest absolute Gasteiger partial charge is 0.341 e. The van der Waals surface area contributed by atoms with E-state index in [4.69, 9.17) is 10.5 Å². The van der Waals surface area contributed by atoms with Crippen LogP contribution in [0.2, 0.25) is 0 Å². The number of esters is 1. The number of hydrogen-bond donors (Lipinski definition) is 5. The van der Waals surface area contributed by atoms with Gasteiger partial charge in [0.05, 0.1) is 18.7 Å². The zero-order valence-corrected chi connectivity index (χ0v) is 22.9. The largest absolute Gasteiger partial charge is 0.508 e. The van der Waals surface area contributed by atoms with E-state index in [9.17, 15) is 39.6 Å². The number of fused-ring (bicyclic) bond motifs is 3. The van der Waals surface area contributed by atoms with Crippen molar-refractivity contribution in [2.24, 2.45) is 16.6 Å². The Bertz CT molecular complexity index is 1430. The third kappa shape index (κ3) is 3.37. The van der Waals surface area contributed by atoms with Crippen LogP contribution in [0.25, 0.3) is 5.76 Å². The van der Waals surface area contributed by atoms with Crippen LogP contribution in [0.5, 0.6) is 5.75 Å². The molecule has 1 aromatic rings. The number of hydrogen-bond acceptors (Lipinski definition) is 11. The molecule has 4 rings (SSSR count). The minimum Gasteiger partial charge on any atom is -0.508 e. The van der Waals surface area contributed by atoms with E-state index >= 15 is 0 Å². The molecule has 6 N–H and O–H groups in total. The molecule has 12 nitrogen and oxygen atoms in total. The fourth-order valence-corrected chi connectivity index (χ4v) is 7.04. The lowest BCUT2D eigenvalue weighted by molar-refractivity contribution is -0.175. The predicted molar refractivity (Wildman–Crippen MR) is 139 cm³/mol. The lowest BCUT2D eigenvalue weighted by Crippen LogP contribution is -2.72. The van der Waals surface area contributed by atoms with Gasteiger partial charge in [-0.25, -0.2) is 4.79 Å². The average molecular weight is 544 g/mol. The Hall–Kier alpha value is -3.90. The number of carbonyl (C=O) groups is 4. The monoisotopic (exact) mass is 543 g/mol. The van der Waals surface area contributed by atoms with E-state index in [0.29, 0.717) is 11.3 Å². The van der Waals surface area contributed by atoms with Gasteiger partial charge < -0.3 is 35.8 Å². The van der Waals surface area contributed by atoms with E-state index in [1.165, 1.54) is 32.0 Å². The van der Waals surface area contributed by atoms with Gasteiger partial charge in [0, 0.05) is 36.2 Å². The van der Waals surface area contributed by atoms with Gasteiger partial charge in [0.2, 0.25) is 5.78 Å². The molecule has 0 heterocycles. The molecule has 0 bridgehead atoms. The molecule has 3 aliphatic carbocycles. The highest BCUT2D eigenvalue weighted by Crippen LogP contribution is 2.63. The summed E-state index contributed by atoms with van der Waals surface area (Å²) in [6.45, 7) is 3.15. The summed E-state index contributed by atoms with van der Waals surface area (Å²) in [5.41, 5.74) is -1.07. The van der Waals surface area contributed by atoms with Crippen LogP contribution in [0.3, 0.4) is 0 Å². The molecular weight excluding hydrogens is 510 g/mol. The zero-order valence-electron chi connectivity index (χ0n) is 22.9. The highest BCUT2D eigenvalue weighted by molar-refractivity contribution is 6.25. The van der Waals surface area contributed by atoms with Crippen molar-refractivity contribution in [3.05, 3.63) is 39.7 Å². The van der Waals surface area contributed by atoms with Crippen LogP contribution in [0, 0.1) is 10.8 Å². The summed E-state index contributed by atoms with van der Waals surface area (Å²) in [5.74, 6) is -6.67. The molecule has 1 fully saturated rings. The SMILES string of the molecule is COC(=O)c1cc(N(C)C)c2c(c1O)C(O)=C1C(=O)[C@]3(O)C(O)=C(C(N)=O)C(=O)[C@@H](N(C)C)[C@]3(C)C[C@]1(C)C2. The van der Waals surface area contributed by atoms with E-state index in [-0.39, 0.29) is 29.5 Å². The summed E-state index contributed by atoms with van der Waals surface area (Å²) in [5, 5.41) is 45.8. The molecule has 12 heteroatoms. The first-order chi connectivity index (χ1) is 17.9. The van der Waals surface area contributed by atoms with Crippen LogP contribution >= 0.6 is 0 Å². The first-order valence-electron chi connectivity index (χ1n) is 12.2. The van der Waals surface area contributed by atoms with Crippen LogP contribution in [-0.2, 0) is 25.5 Å². The van der Waals surface area contributed by atoms with Crippen LogP contribution in [0.15, 0.2) is 23.0 Å². The number of Topliss-reactive ketones (excluding diaryl/α,β-unsaturated/α-hetero) is 2. The zero-order chi connectivity index (χ0) is 29.6. The van der Waals surface area contributed by atoms with Gasteiger partial charge in [0.15, 0.2) is 11.4 Å². The number of aromatic hydroxyl groups is 1. The molecule has 4 atom stereocenters. The van der Waals surface area contributed by atoms with Crippen molar-refractivity contribution in [3.8, 4) is 5.75 Å². The molecule has 0 aromatic heterocycles. The van der Waals surface area contributed by atoms with Crippen LogP contribution in [0.1, 0.15) is 41.8 Å². The molecule has 1 aromatic carbocycles. The number of methoxy groups -OCH3 is 1. The number of rotatable bonds is 4. The number of phenolic OH excluding ortho intramolecular Hbond substituents is 1. The summed E-state index contributed by atoms with van der Waals surface area (Å²) >= 11 is 0. The number of benzene rings is 1.